The normalized spacial score (nSPS) is 14.2. The molecule has 0 spiro atoms. The topological polar surface area (TPSA) is 37.8 Å². The Labute approximate surface area is 125 Å². The lowest BCUT2D eigenvalue weighted by Gasteiger charge is -2.20. The van der Waals surface area contributed by atoms with E-state index in [1.807, 2.05) is 7.05 Å². The van der Waals surface area contributed by atoms with E-state index in [0.29, 0.717) is 11.8 Å². The number of nitrogens with zero attached hydrogens (tertiary/aromatic N) is 2. The molecule has 0 amide bonds. The van der Waals surface area contributed by atoms with E-state index in [0.717, 1.165) is 29.4 Å². The number of hydrogen-bond acceptors (Lipinski definition) is 4. The Bertz CT molecular complexity index is 509. The Morgan fingerprint density at radius 3 is 2.60 bits per heavy atom. The lowest BCUT2D eigenvalue weighted by Crippen LogP contribution is -2.10. The summed E-state index contributed by atoms with van der Waals surface area (Å²) in [7, 11) is 1.97. The van der Waals surface area contributed by atoms with E-state index in [9.17, 15) is 0 Å². The van der Waals surface area contributed by atoms with Gasteiger partial charge in [-0.15, -0.1) is 21.5 Å². The summed E-state index contributed by atoms with van der Waals surface area (Å²) in [5.41, 5.74) is 1.35. The van der Waals surface area contributed by atoms with Crippen molar-refractivity contribution in [1.82, 2.24) is 15.5 Å². The predicted molar refractivity (Wildman–Crippen MR) is 85.3 cm³/mol. The summed E-state index contributed by atoms with van der Waals surface area (Å²) >= 11 is 1.76. The molecule has 108 valence electrons. The molecule has 4 heteroatoms. The third-order valence-corrected chi connectivity index (χ3v) is 4.78. The van der Waals surface area contributed by atoms with Gasteiger partial charge in [-0.1, -0.05) is 50.6 Å². The van der Waals surface area contributed by atoms with Gasteiger partial charge in [0.1, 0.15) is 10.0 Å². The average molecular weight is 289 g/mol. The first kappa shape index (κ1) is 15.1. The zero-order valence-electron chi connectivity index (χ0n) is 12.5. The van der Waals surface area contributed by atoms with Gasteiger partial charge < -0.3 is 5.32 Å². The first-order chi connectivity index (χ1) is 9.76. The van der Waals surface area contributed by atoms with Crippen LogP contribution in [-0.4, -0.2) is 23.8 Å². The van der Waals surface area contributed by atoms with Crippen molar-refractivity contribution < 1.29 is 0 Å². The van der Waals surface area contributed by atoms with Gasteiger partial charge in [0, 0.05) is 18.9 Å². The van der Waals surface area contributed by atoms with E-state index in [1.165, 1.54) is 5.56 Å². The van der Waals surface area contributed by atoms with Crippen LogP contribution in [0.3, 0.4) is 0 Å². The molecule has 0 fully saturated rings. The molecule has 0 saturated carbocycles. The van der Waals surface area contributed by atoms with Gasteiger partial charge in [0.05, 0.1) is 0 Å². The Morgan fingerprint density at radius 2 is 1.95 bits per heavy atom. The van der Waals surface area contributed by atoms with Gasteiger partial charge in [0.2, 0.25) is 0 Å². The summed E-state index contributed by atoms with van der Waals surface area (Å²) in [6, 6.07) is 10.7. The van der Waals surface area contributed by atoms with Crippen LogP contribution in [-0.2, 0) is 6.42 Å². The second-order valence-corrected chi connectivity index (χ2v) is 6.26. The number of benzene rings is 1. The van der Waals surface area contributed by atoms with Crippen LogP contribution in [0, 0.1) is 5.92 Å². The standard InChI is InChI=1S/C16H23N3S/c1-4-12(2)15(13-8-6-5-7-9-13)16-19-18-14(20-16)10-11-17-3/h5-9,12,15,17H,4,10-11H2,1-3H3. The predicted octanol–water partition coefficient (Wildman–Crippen LogP) is 3.48. The van der Waals surface area contributed by atoms with Crippen molar-refractivity contribution in [2.24, 2.45) is 5.92 Å². The van der Waals surface area contributed by atoms with E-state index in [2.05, 4.69) is 59.7 Å². The van der Waals surface area contributed by atoms with Gasteiger partial charge in [-0.05, 0) is 18.5 Å². The van der Waals surface area contributed by atoms with Gasteiger partial charge in [0.25, 0.3) is 0 Å². The summed E-state index contributed by atoms with van der Waals surface area (Å²) in [5, 5.41) is 14.2. The number of hydrogen-bond donors (Lipinski definition) is 1. The lowest BCUT2D eigenvalue weighted by atomic mass is 9.86. The zero-order valence-corrected chi connectivity index (χ0v) is 13.3. The minimum atomic E-state index is 0.363. The maximum Gasteiger partial charge on any atom is 0.125 e. The fraction of sp³-hybridized carbons (Fsp3) is 0.500. The van der Waals surface area contributed by atoms with Gasteiger partial charge in [-0.3, -0.25) is 0 Å². The highest BCUT2D eigenvalue weighted by Crippen LogP contribution is 2.35. The quantitative estimate of drug-likeness (QED) is 0.848. The molecule has 0 saturated heterocycles. The molecule has 2 atom stereocenters. The molecule has 3 nitrogen and oxygen atoms in total. The van der Waals surface area contributed by atoms with Crippen LogP contribution in [0.25, 0.3) is 0 Å². The highest BCUT2D eigenvalue weighted by atomic mass is 32.1. The summed E-state index contributed by atoms with van der Waals surface area (Å²) < 4.78 is 0. The molecule has 1 aromatic heterocycles. The maximum absolute atomic E-state index is 4.46. The van der Waals surface area contributed by atoms with Crippen LogP contribution in [0.4, 0.5) is 0 Å². The number of aromatic nitrogens is 2. The molecular formula is C16H23N3S. The molecule has 2 rings (SSSR count). The molecule has 20 heavy (non-hydrogen) atoms. The van der Waals surface area contributed by atoms with Crippen LogP contribution in [0.15, 0.2) is 30.3 Å². The van der Waals surface area contributed by atoms with Gasteiger partial charge in [-0.25, -0.2) is 0 Å². The summed E-state index contributed by atoms with van der Waals surface area (Å²) in [5.74, 6) is 0.935. The molecule has 2 aromatic rings. The minimum absolute atomic E-state index is 0.363. The highest BCUT2D eigenvalue weighted by Gasteiger charge is 2.23. The average Bonchev–Trinajstić information content (AvgIpc) is 2.94. The Kier molecular flexibility index (Phi) is 5.68. The second-order valence-electron chi connectivity index (χ2n) is 5.16. The molecule has 0 aliphatic carbocycles. The van der Waals surface area contributed by atoms with Gasteiger partial charge in [0.15, 0.2) is 0 Å². The zero-order chi connectivity index (χ0) is 14.4. The van der Waals surface area contributed by atoms with E-state index in [1.54, 1.807) is 11.3 Å². The molecule has 0 radical (unpaired) electrons. The van der Waals surface area contributed by atoms with Crippen LogP contribution < -0.4 is 5.32 Å². The number of nitrogens with one attached hydrogen (secondary N) is 1. The molecule has 2 unspecified atom stereocenters. The fourth-order valence-corrected chi connectivity index (χ4v) is 3.44. The molecular weight excluding hydrogens is 266 g/mol. The first-order valence-electron chi connectivity index (χ1n) is 7.28. The smallest absolute Gasteiger partial charge is 0.125 e. The van der Waals surface area contributed by atoms with Crippen molar-refractivity contribution in [3.8, 4) is 0 Å². The third kappa shape index (κ3) is 3.64. The van der Waals surface area contributed by atoms with Gasteiger partial charge >= 0.3 is 0 Å². The second kappa shape index (κ2) is 7.50. The van der Waals surface area contributed by atoms with E-state index < -0.39 is 0 Å². The molecule has 1 N–H and O–H groups in total. The van der Waals surface area contributed by atoms with Crippen LogP contribution in [0.2, 0.25) is 0 Å². The van der Waals surface area contributed by atoms with Crippen molar-refractivity contribution in [2.45, 2.75) is 32.6 Å². The number of likely N-dealkylation sites (N-methyl/N-ethyl adjacent to an activating group) is 1. The summed E-state index contributed by atoms with van der Waals surface area (Å²) in [6.45, 7) is 5.49. The van der Waals surface area contributed by atoms with Crippen LogP contribution >= 0.6 is 11.3 Å². The molecule has 0 aliphatic heterocycles. The van der Waals surface area contributed by atoms with Crippen molar-refractivity contribution >= 4 is 11.3 Å². The van der Waals surface area contributed by atoms with Crippen LogP contribution in [0.5, 0.6) is 0 Å². The molecule has 1 heterocycles. The Hall–Kier alpha value is -1.26. The molecule has 1 aromatic carbocycles. The first-order valence-corrected chi connectivity index (χ1v) is 8.09. The van der Waals surface area contributed by atoms with Gasteiger partial charge in [-0.2, -0.15) is 0 Å². The summed E-state index contributed by atoms with van der Waals surface area (Å²) in [4.78, 5) is 0. The van der Waals surface area contributed by atoms with Crippen molar-refractivity contribution in [3.63, 3.8) is 0 Å². The fourth-order valence-electron chi connectivity index (χ4n) is 2.34. The number of rotatable bonds is 7. The Balaban J connectivity index is 2.25. The van der Waals surface area contributed by atoms with Crippen molar-refractivity contribution in [3.05, 3.63) is 45.9 Å². The monoisotopic (exact) mass is 289 g/mol. The van der Waals surface area contributed by atoms with Crippen molar-refractivity contribution in [1.29, 1.82) is 0 Å². The maximum atomic E-state index is 4.46. The molecule has 0 bridgehead atoms. The van der Waals surface area contributed by atoms with E-state index in [4.69, 9.17) is 0 Å². The third-order valence-electron chi connectivity index (χ3n) is 3.71. The minimum Gasteiger partial charge on any atom is -0.319 e. The summed E-state index contributed by atoms with van der Waals surface area (Å²) in [6.07, 6.45) is 2.10. The van der Waals surface area contributed by atoms with Crippen LogP contribution in [0.1, 0.15) is 41.8 Å². The molecule has 0 aliphatic rings. The highest BCUT2D eigenvalue weighted by molar-refractivity contribution is 7.11. The van der Waals surface area contributed by atoms with E-state index in [-0.39, 0.29) is 0 Å². The van der Waals surface area contributed by atoms with E-state index >= 15 is 0 Å². The largest absolute Gasteiger partial charge is 0.319 e. The van der Waals surface area contributed by atoms with Crippen molar-refractivity contribution in [2.75, 3.05) is 13.6 Å². The SMILES string of the molecule is CCC(C)C(c1ccccc1)c1nnc(CCNC)s1. The lowest BCUT2D eigenvalue weighted by molar-refractivity contribution is 0.492. The Morgan fingerprint density at radius 1 is 1.20 bits per heavy atom.